The highest BCUT2D eigenvalue weighted by Crippen LogP contribution is 2.20. The van der Waals surface area contributed by atoms with Crippen molar-refractivity contribution in [2.45, 2.75) is 6.42 Å². The van der Waals surface area contributed by atoms with Crippen molar-refractivity contribution in [3.63, 3.8) is 0 Å². The molecule has 0 atom stereocenters. The van der Waals surface area contributed by atoms with Gasteiger partial charge in [0.15, 0.2) is 0 Å². The fraction of sp³-hybridized carbons (Fsp3) is 0.0909. The summed E-state index contributed by atoms with van der Waals surface area (Å²) < 4.78 is 27.7. The SMILES string of the molecule is O=C(Nc1ccc(N(S)C(=O)NCCc2ccc(F)cc2)cc1)c1ccccc1F. The van der Waals surface area contributed by atoms with Gasteiger partial charge in [0.2, 0.25) is 0 Å². The molecule has 0 spiro atoms. The number of anilines is 2. The molecule has 0 unspecified atom stereocenters. The zero-order valence-electron chi connectivity index (χ0n) is 15.8. The summed E-state index contributed by atoms with van der Waals surface area (Å²) in [7, 11) is 0. The Morgan fingerprint density at radius 1 is 0.900 bits per heavy atom. The lowest BCUT2D eigenvalue weighted by atomic mass is 10.1. The van der Waals surface area contributed by atoms with Crippen LogP contribution in [0.1, 0.15) is 15.9 Å². The number of hydrogen-bond acceptors (Lipinski definition) is 3. The Kier molecular flexibility index (Phi) is 7.03. The maximum Gasteiger partial charge on any atom is 0.331 e. The van der Waals surface area contributed by atoms with Gasteiger partial charge in [-0.2, -0.15) is 0 Å². The first-order chi connectivity index (χ1) is 14.4. The summed E-state index contributed by atoms with van der Waals surface area (Å²) in [5.74, 6) is -1.48. The molecule has 0 aliphatic rings. The smallest absolute Gasteiger partial charge is 0.331 e. The standard InChI is InChI=1S/C22H19F2N3O2S/c23-16-7-5-15(6-8-16)13-14-25-22(29)27(30)18-11-9-17(10-12-18)26-21(28)19-3-1-2-4-20(19)24/h1-12,30H,13-14H2,(H,25,29)(H,26,28). The number of hydrogen-bond donors (Lipinski definition) is 3. The quantitative estimate of drug-likeness (QED) is 0.494. The molecular weight excluding hydrogens is 408 g/mol. The van der Waals surface area contributed by atoms with E-state index in [0.29, 0.717) is 24.3 Å². The monoisotopic (exact) mass is 427 g/mol. The summed E-state index contributed by atoms with van der Waals surface area (Å²) in [6, 6.07) is 17.7. The fourth-order valence-electron chi connectivity index (χ4n) is 2.69. The molecule has 8 heteroatoms. The average molecular weight is 427 g/mol. The van der Waals surface area contributed by atoms with Crippen LogP contribution >= 0.6 is 12.8 Å². The molecular formula is C22H19F2N3O2S. The molecule has 3 amide bonds. The van der Waals surface area contributed by atoms with E-state index in [4.69, 9.17) is 0 Å². The van der Waals surface area contributed by atoms with Crippen molar-refractivity contribution < 1.29 is 18.4 Å². The van der Waals surface area contributed by atoms with E-state index in [-0.39, 0.29) is 11.4 Å². The van der Waals surface area contributed by atoms with E-state index in [9.17, 15) is 18.4 Å². The van der Waals surface area contributed by atoms with E-state index in [2.05, 4.69) is 23.4 Å². The van der Waals surface area contributed by atoms with Crippen LogP contribution in [0.15, 0.2) is 72.8 Å². The molecule has 0 aliphatic carbocycles. The van der Waals surface area contributed by atoms with Gasteiger partial charge in [0.1, 0.15) is 11.6 Å². The van der Waals surface area contributed by atoms with Crippen molar-refractivity contribution in [1.82, 2.24) is 5.32 Å². The highest BCUT2D eigenvalue weighted by atomic mass is 32.1. The van der Waals surface area contributed by atoms with Crippen molar-refractivity contribution in [3.05, 3.63) is 95.6 Å². The zero-order chi connectivity index (χ0) is 21.5. The number of rotatable bonds is 6. The topological polar surface area (TPSA) is 61.4 Å². The molecule has 0 radical (unpaired) electrons. The molecule has 3 aromatic rings. The molecule has 0 saturated heterocycles. The van der Waals surface area contributed by atoms with Crippen LogP contribution in [0.4, 0.5) is 25.0 Å². The number of nitrogens with one attached hydrogen (secondary N) is 2. The highest BCUT2D eigenvalue weighted by Gasteiger charge is 2.13. The molecule has 3 rings (SSSR count). The lowest BCUT2D eigenvalue weighted by Crippen LogP contribution is -2.35. The van der Waals surface area contributed by atoms with Gasteiger partial charge in [0.25, 0.3) is 5.91 Å². The van der Waals surface area contributed by atoms with E-state index in [1.165, 1.54) is 30.3 Å². The second kappa shape index (κ2) is 9.89. The molecule has 0 aromatic heterocycles. The van der Waals surface area contributed by atoms with Crippen LogP contribution in [-0.4, -0.2) is 18.5 Å². The highest BCUT2D eigenvalue weighted by molar-refractivity contribution is 7.82. The normalized spacial score (nSPS) is 10.4. The van der Waals surface area contributed by atoms with Gasteiger partial charge in [-0.1, -0.05) is 37.1 Å². The zero-order valence-corrected chi connectivity index (χ0v) is 16.7. The minimum Gasteiger partial charge on any atom is -0.337 e. The van der Waals surface area contributed by atoms with Crippen LogP contribution in [0.25, 0.3) is 0 Å². The Morgan fingerprint density at radius 3 is 2.23 bits per heavy atom. The summed E-state index contributed by atoms with van der Waals surface area (Å²) in [6.07, 6.45) is 0.550. The van der Waals surface area contributed by atoms with Gasteiger partial charge in [0.05, 0.1) is 11.3 Å². The Labute approximate surface area is 178 Å². The molecule has 0 fully saturated rings. The lowest BCUT2D eigenvalue weighted by Gasteiger charge is -2.17. The van der Waals surface area contributed by atoms with Crippen LogP contribution in [0.5, 0.6) is 0 Å². The Balaban J connectivity index is 1.53. The van der Waals surface area contributed by atoms with Crippen LogP contribution in [-0.2, 0) is 6.42 Å². The van der Waals surface area contributed by atoms with Gasteiger partial charge < -0.3 is 10.6 Å². The van der Waals surface area contributed by atoms with Crippen LogP contribution in [0.2, 0.25) is 0 Å². The number of benzene rings is 3. The van der Waals surface area contributed by atoms with Crippen LogP contribution < -0.4 is 14.9 Å². The van der Waals surface area contributed by atoms with Crippen LogP contribution in [0.3, 0.4) is 0 Å². The van der Waals surface area contributed by atoms with E-state index in [1.54, 1.807) is 42.5 Å². The van der Waals surface area contributed by atoms with Gasteiger partial charge >= 0.3 is 6.03 Å². The second-order valence-corrected chi connectivity index (χ2v) is 6.80. The lowest BCUT2D eigenvalue weighted by molar-refractivity contribution is 0.102. The van der Waals surface area contributed by atoms with Crippen LogP contribution in [0, 0.1) is 11.6 Å². The van der Waals surface area contributed by atoms with Gasteiger partial charge in [-0.15, -0.1) is 0 Å². The van der Waals surface area contributed by atoms with E-state index in [1.807, 2.05) is 0 Å². The molecule has 0 bridgehead atoms. The number of amides is 3. The first-order valence-electron chi connectivity index (χ1n) is 9.11. The molecule has 3 aromatic carbocycles. The molecule has 0 saturated carbocycles. The molecule has 30 heavy (non-hydrogen) atoms. The maximum atomic E-state index is 13.7. The number of carbonyl (C=O) groups excluding carboxylic acids is 2. The third-order valence-corrected chi connectivity index (χ3v) is 4.70. The Morgan fingerprint density at radius 2 is 1.57 bits per heavy atom. The van der Waals surface area contributed by atoms with Crippen molar-refractivity contribution in [1.29, 1.82) is 0 Å². The third-order valence-electron chi connectivity index (χ3n) is 4.28. The summed E-state index contributed by atoms with van der Waals surface area (Å²) in [6.45, 7) is 0.359. The van der Waals surface area contributed by atoms with E-state index < -0.39 is 17.8 Å². The number of thiol groups is 1. The van der Waals surface area contributed by atoms with Crippen molar-refractivity contribution >= 4 is 36.1 Å². The number of nitrogens with zero attached hydrogens (tertiary/aromatic N) is 1. The van der Waals surface area contributed by atoms with Gasteiger partial charge in [0, 0.05) is 12.2 Å². The molecule has 5 nitrogen and oxygen atoms in total. The first-order valence-corrected chi connectivity index (χ1v) is 9.51. The van der Waals surface area contributed by atoms with Gasteiger partial charge in [-0.25, -0.2) is 17.9 Å². The molecule has 0 aliphatic heterocycles. The largest absolute Gasteiger partial charge is 0.337 e. The molecule has 0 heterocycles. The summed E-state index contributed by atoms with van der Waals surface area (Å²) >= 11 is 4.20. The number of urea groups is 1. The Hall–Kier alpha value is -3.39. The average Bonchev–Trinajstić information content (AvgIpc) is 2.75. The van der Waals surface area contributed by atoms with Crippen molar-refractivity contribution in [2.75, 3.05) is 16.2 Å². The van der Waals surface area contributed by atoms with E-state index in [0.717, 1.165) is 9.87 Å². The number of halogens is 2. The molecule has 154 valence electrons. The second-order valence-electron chi connectivity index (χ2n) is 6.40. The summed E-state index contributed by atoms with van der Waals surface area (Å²) in [4.78, 5) is 24.4. The van der Waals surface area contributed by atoms with E-state index >= 15 is 0 Å². The third kappa shape index (κ3) is 5.57. The van der Waals surface area contributed by atoms with Gasteiger partial charge in [-0.3, -0.25) is 4.79 Å². The summed E-state index contributed by atoms with van der Waals surface area (Å²) in [5, 5.41) is 5.33. The predicted octanol–water partition coefficient (Wildman–Crippen LogP) is 4.82. The fourth-order valence-corrected chi connectivity index (χ4v) is 2.89. The van der Waals surface area contributed by atoms with Crippen molar-refractivity contribution in [3.8, 4) is 0 Å². The maximum absolute atomic E-state index is 13.7. The molecule has 2 N–H and O–H groups in total. The van der Waals surface area contributed by atoms with Crippen molar-refractivity contribution in [2.24, 2.45) is 0 Å². The minimum atomic E-state index is -0.606. The van der Waals surface area contributed by atoms with Gasteiger partial charge in [-0.05, 0) is 60.5 Å². The predicted molar refractivity (Wildman–Crippen MR) is 116 cm³/mol. The first kappa shape index (κ1) is 21.3. The summed E-state index contributed by atoms with van der Waals surface area (Å²) in [5.41, 5.74) is 1.78. The number of carbonyl (C=O) groups is 2. The Bertz CT molecular complexity index is 1030. The minimum absolute atomic E-state index is 0.0575.